The normalized spacial score (nSPS) is 25.4. The van der Waals surface area contributed by atoms with Crippen LogP contribution < -0.4 is 10.2 Å². The maximum absolute atomic E-state index is 5.72. The van der Waals surface area contributed by atoms with E-state index in [1.807, 2.05) is 6.20 Å². The third kappa shape index (κ3) is 4.16. The molecule has 3 rings (SSSR count). The largest absolute Gasteiger partial charge is 0.377 e. The quantitative estimate of drug-likeness (QED) is 0.861. The molecule has 0 amide bonds. The highest BCUT2D eigenvalue weighted by molar-refractivity contribution is 7.13. The van der Waals surface area contributed by atoms with Crippen molar-refractivity contribution in [2.24, 2.45) is 0 Å². The van der Waals surface area contributed by atoms with Gasteiger partial charge in [-0.25, -0.2) is 4.98 Å². The van der Waals surface area contributed by atoms with E-state index in [9.17, 15) is 0 Å². The Morgan fingerprint density at radius 1 is 1.43 bits per heavy atom. The van der Waals surface area contributed by atoms with Gasteiger partial charge in [-0.1, -0.05) is 0 Å². The summed E-state index contributed by atoms with van der Waals surface area (Å²) in [6.45, 7) is 9.82. The lowest BCUT2D eigenvalue weighted by Gasteiger charge is -2.34. The molecule has 2 atom stereocenters. The third-order valence-corrected chi connectivity index (χ3v) is 5.31. The molecule has 3 heterocycles. The molecular weight excluding hydrogens is 284 g/mol. The Bertz CT molecular complexity index is 400. The Kier molecular flexibility index (Phi) is 5.46. The molecule has 0 radical (unpaired) electrons. The van der Waals surface area contributed by atoms with Crippen molar-refractivity contribution >= 4 is 16.5 Å². The predicted octanol–water partition coefficient (Wildman–Crippen LogP) is 1.42. The van der Waals surface area contributed by atoms with Crippen molar-refractivity contribution in [1.82, 2.24) is 15.2 Å². The van der Waals surface area contributed by atoms with E-state index in [0.29, 0.717) is 12.1 Å². The highest BCUT2D eigenvalue weighted by Gasteiger charge is 2.22. The lowest BCUT2D eigenvalue weighted by Crippen LogP contribution is -2.49. The zero-order valence-corrected chi connectivity index (χ0v) is 13.6. The summed E-state index contributed by atoms with van der Waals surface area (Å²) in [4.78, 5) is 9.33. The fraction of sp³-hybridized carbons (Fsp3) is 0.800. The Morgan fingerprint density at radius 3 is 2.95 bits per heavy atom. The summed E-state index contributed by atoms with van der Waals surface area (Å²) < 4.78 is 5.72. The van der Waals surface area contributed by atoms with Crippen LogP contribution >= 0.6 is 11.3 Å². The van der Waals surface area contributed by atoms with Crippen molar-refractivity contribution in [3.63, 3.8) is 0 Å². The van der Waals surface area contributed by atoms with Crippen LogP contribution in [0.15, 0.2) is 11.6 Å². The molecule has 0 bridgehead atoms. The number of nitrogens with one attached hydrogen (secondary N) is 1. The zero-order chi connectivity index (χ0) is 14.5. The van der Waals surface area contributed by atoms with Gasteiger partial charge in [0, 0.05) is 63.5 Å². The molecule has 0 spiro atoms. The smallest absolute Gasteiger partial charge is 0.185 e. The van der Waals surface area contributed by atoms with Crippen molar-refractivity contribution < 1.29 is 4.74 Å². The standard InChI is InChI=1S/C15H26N4OS/c1-13(14-3-2-11-20-14)16-4-6-18-7-9-19(10-8-18)15-17-5-12-21-15/h5,12-14,16H,2-4,6-11H2,1H3. The van der Waals surface area contributed by atoms with Crippen LogP contribution in [0.1, 0.15) is 19.8 Å². The Morgan fingerprint density at radius 2 is 2.29 bits per heavy atom. The molecule has 2 aliphatic rings. The first-order valence-electron chi connectivity index (χ1n) is 8.05. The minimum absolute atomic E-state index is 0.423. The SMILES string of the molecule is CC(NCCN1CCN(c2nccs2)CC1)C1CCCO1. The van der Waals surface area contributed by atoms with Gasteiger partial charge in [-0.05, 0) is 19.8 Å². The van der Waals surface area contributed by atoms with Crippen molar-refractivity contribution in [1.29, 1.82) is 0 Å². The number of piperazine rings is 1. The number of hydrogen-bond donors (Lipinski definition) is 1. The van der Waals surface area contributed by atoms with Gasteiger partial charge in [0.05, 0.1) is 6.10 Å². The number of hydrogen-bond acceptors (Lipinski definition) is 6. The highest BCUT2D eigenvalue weighted by atomic mass is 32.1. The lowest BCUT2D eigenvalue weighted by atomic mass is 10.1. The molecule has 6 heteroatoms. The van der Waals surface area contributed by atoms with E-state index >= 15 is 0 Å². The molecule has 1 aromatic heterocycles. The van der Waals surface area contributed by atoms with Gasteiger partial charge < -0.3 is 15.0 Å². The summed E-state index contributed by atoms with van der Waals surface area (Å²) in [7, 11) is 0. The average molecular weight is 310 g/mol. The minimum atomic E-state index is 0.423. The first-order chi connectivity index (χ1) is 10.3. The van der Waals surface area contributed by atoms with Crippen LogP contribution in [0.2, 0.25) is 0 Å². The average Bonchev–Trinajstić information content (AvgIpc) is 3.21. The van der Waals surface area contributed by atoms with Crippen LogP contribution in [0, 0.1) is 0 Å². The van der Waals surface area contributed by atoms with Gasteiger partial charge >= 0.3 is 0 Å². The second-order valence-electron chi connectivity index (χ2n) is 5.94. The molecule has 0 aliphatic carbocycles. The summed E-state index contributed by atoms with van der Waals surface area (Å²) in [5.74, 6) is 0. The van der Waals surface area contributed by atoms with Gasteiger partial charge in [-0.2, -0.15) is 0 Å². The van der Waals surface area contributed by atoms with E-state index in [1.54, 1.807) is 11.3 Å². The molecule has 0 saturated carbocycles. The first kappa shape index (κ1) is 15.2. The molecule has 5 nitrogen and oxygen atoms in total. The Balaban J connectivity index is 1.32. The molecule has 1 N–H and O–H groups in total. The number of thiazole rings is 1. The highest BCUT2D eigenvalue weighted by Crippen LogP contribution is 2.18. The summed E-state index contributed by atoms with van der Waals surface area (Å²) in [6, 6.07) is 0.476. The number of anilines is 1. The summed E-state index contributed by atoms with van der Waals surface area (Å²) in [5.41, 5.74) is 0. The Labute approximate surface area is 131 Å². The summed E-state index contributed by atoms with van der Waals surface area (Å²) in [6.07, 6.45) is 4.74. The van der Waals surface area contributed by atoms with Gasteiger partial charge in [-0.3, -0.25) is 4.90 Å². The molecular formula is C15H26N4OS. The number of nitrogens with zero attached hydrogens (tertiary/aromatic N) is 3. The van der Waals surface area contributed by atoms with Crippen molar-refractivity contribution in [2.45, 2.75) is 31.9 Å². The van der Waals surface area contributed by atoms with Gasteiger partial charge in [0.1, 0.15) is 0 Å². The van der Waals surface area contributed by atoms with E-state index < -0.39 is 0 Å². The number of aromatic nitrogens is 1. The number of rotatable bonds is 6. The van der Waals surface area contributed by atoms with Gasteiger partial charge in [0.25, 0.3) is 0 Å². The third-order valence-electron chi connectivity index (χ3n) is 4.48. The van der Waals surface area contributed by atoms with Gasteiger partial charge in [0.15, 0.2) is 5.13 Å². The van der Waals surface area contributed by atoms with Crippen LogP contribution in [0.5, 0.6) is 0 Å². The molecule has 118 valence electrons. The van der Waals surface area contributed by atoms with Crippen LogP contribution in [0.3, 0.4) is 0 Å². The van der Waals surface area contributed by atoms with E-state index in [2.05, 4.69) is 32.4 Å². The maximum atomic E-state index is 5.72. The fourth-order valence-electron chi connectivity index (χ4n) is 3.11. The molecule has 2 unspecified atom stereocenters. The van der Waals surface area contributed by atoms with Crippen molar-refractivity contribution in [2.75, 3.05) is 50.8 Å². The molecule has 21 heavy (non-hydrogen) atoms. The van der Waals surface area contributed by atoms with Crippen LogP contribution in [-0.2, 0) is 4.74 Å². The summed E-state index contributed by atoms with van der Waals surface area (Å²) in [5, 5.41) is 6.84. The predicted molar refractivity (Wildman–Crippen MR) is 87.2 cm³/mol. The molecule has 2 saturated heterocycles. The van der Waals surface area contributed by atoms with E-state index in [4.69, 9.17) is 4.74 Å². The topological polar surface area (TPSA) is 40.6 Å². The lowest BCUT2D eigenvalue weighted by molar-refractivity contribution is 0.0825. The Hall–Kier alpha value is -0.690. The monoisotopic (exact) mass is 310 g/mol. The first-order valence-corrected chi connectivity index (χ1v) is 8.92. The molecule has 2 aliphatic heterocycles. The number of ether oxygens (including phenoxy) is 1. The van der Waals surface area contributed by atoms with Gasteiger partial charge in [-0.15, -0.1) is 11.3 Å². The fourth-order valence-corrected chi connectivity index (χ4v) is 3.81. The minimum Gasteiger partial charge on any atom is -0.377 e. The van der Waals surface area contributed by atoms with E-state index in [-0.39, 0.29) is 0 Å². The second kappa shape index (κ2) is 7.54. The molecule has 0 aromatic carbocycles. The summed E-state index contributed by atoms with van der Waals surface area (Å²) >= 11 is 1.74. The van der Waals surface area contributed by atoms with Gasteiger partial charge in [0.2, 0.25) is 0 Å². The van der Waals surface area contributed by atoms with E-state index in [0.717, 1.165) is 45.9 Å². The van der Waals surface area contributed by atoms with Crippen LogP contribution in [0.4, 0.5) is 5.13 Å². The second-order valence-corrected chi connectivity index (χ2v) is 6.81. The van der Waals surface area contributed by atoms with Crippen LogP contribution in [0.25, 0.3) is 0 Å². The van der Waals surface area contributed by atoms with Crippen LogP contribution in [-0.4, -0.2) is 67.9 Å². The molecule has 1 aromatic rings. The molecule has 2 fully saturated rings. The maximum Gasteiger partial charge on any atom is 0.185 e. The van der Waals surface area contributed by atoms with Crippen molar-refractivity contribution in [3.05, 3.63) is 11.6 Å². The van der Waals surface area contributed by atoms with Crippen molar-refractivity contribution in [3.8, 4) is 0 Å². The van der Waals surface area contributed by atoms with E-state index in [1.165, 1.54) is 18.0 Å². The zero-order valence-electron chi connectivity index (χ0n) is 12.8.